The Labute approximate surface area is 84.1 Å². The largest absolute Gasteiger partial charge is 0.256 e. The first-order valence-electron chi connectivity index (χ1n) is 4.70. The van der Waals surface area contributed by atoms with Gasteiger partial charge in [-0.15, -0.1) is 0 Å². The number of benzene rings is 1. The van der Waals surface area contributed by atoms with Gasteiger partial charge in [-0.25, -0.2) is 0 Å². The summed E-state index contributed by atoms with van der Waals surface area (Å²) in [5.74, 6) is 0. The lowest BCUT2D eigenvalue weighted by Crippen LogP contribution is -1.86. The van der Waals surface area contributed by atoms with Gasteiger partial charge in [0.1, 0.15) is 0 Å². The lowest BCUT2D eigenvalue weighted by Gasteiger charge is -2.05. The maximum absolute atomic E-state index is 4.35. The second kappa shape index (κ2) is 3.26. The van der Waals surface area contributed by atoms with E-state index in [1.54, 1.807) is 0 Å². The molecule has 1 heterocycles. The zero-order valence-corrected chi connectivity index (χ0v) is 8.54. The van der Waals surface area contributed by atoms with Gasteiger partial charge in [0, 0.05) is 11.6 Å². The number of hydrogen-bond donors (Lipinski definition) is 0. The van der Waals surface area contributed by atoms with Crippen LogP contribution in [0.2, 0.25) is 0 Å². The van der Waals surface area contributed by atoms with Crippen molar-refractivity contribution in [1.82, 2.24) is 4.98 Å². The minimum atomic E-state index is 1.08. The SMILES string of the molecule is C=C(C)c1cc(C)c2ncccc2c1. The Morgan fingerprint density at radius 2 is 2.14 bits per heavy atom. The highest BCUT2D eigenvalue weighted by Gasteiger charge is 2.01. The Morgan fingerprint density at radius 3 is 2.86 bits per heavy atom. The summed E-state index contributed by atoms with van der Waals surface area (Å²) in [4.78, 5) is 4.35. The van der Waals surface area contributed by atoms with Crippen LogP contribution in [0.1, 0.15) is 18.1 Å². The molecular formula is C13H13N. The van der Waals surface area contributed by atoms with Gasteiger partial charge in [0.2, 0.25) is 0 Å². The first kappa shape index (κ1) is 8.95. The molecule has 2 aromatic rings. The van der Waals surface area contributed by atoms with Crippen LogP contribution in [0.4, 0.5) is 0 Å². The molecule has 0 saturated carbocycles. The van der Waals surface area contributed by atoms with Crippen LogP contribution >= 0.6 is 0 Å². The minimum Gasteiger partial charge on any atom is -0.256 e. The molecule has 2 rings (SSSR count). The van der Waals surface area contributed by atoms with Crippen LogP contribution in [0.5, 0.6) is 0 Å². The molecule has 1 aromatic carbocycles. The van der Waals surface area contributed by atoms with Gasteiger partial charge in [-0.05, 0) is 43.2 Å². The van der Waals surface area contributed by atoms with Crippen LogP contribution in [-0.4, -0.2) is 4.98 Å². The summed E-state index contributed by atoms with van der Waals surface area (Å²) >= 11 is 0. The van der Waals surface area contributed by atoms with Crippen LogP contribution in [0, 0.1) is 6.92 Å². The van der Waals surface area contributed by atoms with Crippen molar-refractivity contribution >= 4 is 16.5 Å². The normalized spacial score (nSPS) is 10.4. The van der Waals surface area contributed by atoms with Gasteiger partial charge in [-0.2, -0.15) is 0 Å². The number of allylic oxidation sites excluding steroid dienone is 1. The summed E-state index contributed by atoms with van der Waals surface area (Å²) in [6, 6.07) is 8.32. The smallest absolute Gasteiger partial charge is 0.0731 e. The van der Waals surface area contributed by atoms with Crippen molar-refractivity contribution in [2.24, 2.45) is 0 Å². The molecule has 0 bridgehead atoms. The number of fused-ring (bicyclic) bond motifs is 1. The summed E-state index contributed by atoms with van der Waals surface area (Å²) in [5.41, 5.74) is 4.58. The first-order chi connectivity index (χ1) is 6.68. The van der Waals surface area contributed by atoms with Gasteiger partial charge in [0.25, 0.3) is 0 Å². The zero-order valence-electron chi connectivity index (χ0n) is 8.54. The average Bonchev–Trinajstić information content (AvgIpc) is 2.17. The van der Waals surface area contributed by atoms with Crippen LogP contribution in [0.15, 0.2) is 37.0 Å². The van der Waals surface area contributed by atoms with Crippen LogP contribution in [0.25, 0.3) is 16.5 Å². The molecule has 1 nitrogen and oxygen atoms in total. The van der Waals surface area contributed by atoms with Crippen molar-refractivity contribution in [1.29, 1.82) is 0 Å². The quantitative estimate of drug-likeness (QED) is 0.658. The molecule has 0 spiro atoms. The Kier molecular flexibility index (Phi) is 2.08. The fourth-order valence-corrected chi connectivity index (χ4v) is 1.62. The first-order valence-corrected chi connectivity index (χ1v) is 4.70. The monoisotopic (exact) mass is 183 g/mol. The van der Waals surface area contributed by atoms with Gasteiger partial charge < -0.3 is 0 Å². The molecule has 0 aliphatic rings. The minimum absolute atomic E-state index is 1.08. The summed E-state index contributed by atoms with van der Waals surface area (Å²) in [6.45, 7) is 8.06. The van der Waals surface area contributed by atoms with Crippen molar-refractivity contribution in [3.8, 4) is 0 Å². The molecule has 0 saturated heterocycles. The molecule has 0 fully saturated rings. The van der Waals surface area contributed by atoms with E-state index in [-0.39, 0.29) is 0 Å². The molecule has 0 aliphatic heterocycles. The van der Waals surface area contributed by atoms with E-state index in [4.69, 9.17) is 0 Å². The molecule has 0 N–H and O–H groups in total. The van der Waals surface area contributed by atoms with E-state index in [0.717, 1.165) is 11.1 Å². The molecule has 1 aromatic heterocycles. The third-order valence-electron chi connectivity index (χ3n) is 2.39. The Morgan fingerprint density at radius 1 is 1.36 bits per heavy atom. The van der Waals surface area contributed by atoms with Crippen molar-refractivity contribution in [2.75, 3.05) is 0 Å². The second-order valence-corrected chi connectivity index (χ2v) is 3.65. The van der Waals surface area contributed by atoms with E-state index < -0.39 is 0 Å². The number of pyridine rings is 1. The van der Waals surface area contributed by atoms with E-state index in [9.17, 15) is 0 Å². The Bertz CT molecular complexity index is 498. The standard InChI is InChI=1S/C13H13N/c1-9(2)12-7-10(3)13-11(8-12)5-4-6-14-13/h4-8H,1H2,2-3H3. The third-order valence-corrected chi connectivity index (χ3v) is 2.39. The molecule has 0 radical (unpaired) electrons. The lowest BCUT2D eigenvalue weighted by atomic mass is 10.0. The maximum atomic E-state index is 4.35. The van der Waals surface area contributed by atoms with Crippen molar-refractivity contribution < 1.29 is 0 Å². The number of rotatable bonds is 1. The lowest BCUT2D eigenvalue weighted by molar-refractivity contribution is 1.36. The Hall–Kier alpha value is -1.63. The summed E-state index contributed by atoms with van der Waals surface area (Å²) < 4.78 is 0. The van der Waals surface area contributed by atoms with Crippen LogP contribution < -0.4 is 0 Å². The highest BCUT2D eigenvalue weighted by Crippen LogP contribution is 2.21. The number of hydrogen-bond acceptors (Lipinski definition) is 1. The van der Waals surface area contributed by atoms with Gasteiger partial charge in [-0.3, -0.25) is 4.98 Å². The second-order valence-electron chi connectivity index (χ2n) is 3.65. The van der Waals surface area contributed by atoms with E-state index in [1.165, 1.54) is 16.5 Å². The van der Waals surface area contributed by atoms with Crippen molar-refractivity contribution in [3.63, 3.8) is 0 Å². The molecule has 0 atom stereocenters. The molecule has 1 heteroatoms. The molecule has 0 aliphatic carbocycles. The average molecular weight is 183 g/mol. The molecule has 0 unspecified atom stereocenters. The van der Waals surface area contributed by atoms with Gasteiger partial charge in [-0.1, -0.05) is 18.2 Å². The van der Waals surface area contributed by atoms with E-state index >= 15 is 0 Å². The number of aromatic nitrogens is 1. The van der Waals surface area contributed by atoms with Crippen LogP contribution in [0.3, 0.4) is 0 Å². The molecular weight excluding hydrogens is 170 g/mol. The van der Waals surface area contributed by atoms with Gasteiger partial charge in [0.05, 0.1) is 5.52 Å². The fraction of sp³-hybridized carbons (Fsp3) is 0.154. The zero-order chi connectivity index (χ0) is 10.1. The van der Waals surface area contributed by atoms with Crippen LogP contribution in [-0.2, 0) is 0 Å². The van der Waals surface area contributed by atoms with E-state index in [1.807, 2.05) is 19.2 Å². The summed E-state index contributed by atoms with van der Waals surface area (Å²) in [7, 11) is 0. The van der Waals surface area contributed by atoms with E-state index in [2.05, 4.69) is 36.7 Å². The van der Waals surface area contributed by atoms with Gasteiger partial charge in [0.15, 0.2) is 0 Å². The molecule has 70 valence electrons. The van der Waals surface area contributed by atoms with Crippen molar-refractivity contribution in [2.45, 2.75) is 13.8 Å². The number of nitrogens with zero attached hydrogens (tertiary/aromatic N) is 1. The predicted octanol–water partition coefficient (Wildman–Crippen LogP) is 3.58. The van der Waals surface area contributed by atoms with Gasteiger partial charge >= 0.3 is 0 Å². The highest BCUT2D eigenvalue weighted by atomic mass is 14.6. The topological polar surface area (TPSA) is 12.9 Å². The predicted molar refractivity (Wildman–Crippen MR) is 61.2 cm³/mol. The molecule has 14 heavy (non-hydrogen) atoms. The highest BCUT2D eigenvalue weighted by molar-refractivity contribution is 5.85. The number of aryl methyl sites for hydroxylation is 1. The van der Waals surface area contributed by atoms with E-state index in [0.29, 0.717) is 0 Å². The third kappa shape index (κ3) is 1.41. The van der Waals surface area contributed by atoms with Crippen molar-refractivity contribution in [3.05, 3.63) is 48.2 Å². The summed E-state index contributed by atoms with van der Waals surface area (Å²) in [5, 5.41) is 1.19. The summed E-state index contributed by atoms with van der Waals surface area (Å²) in [6.07, 6.45) is 1.83. The fourth-order valence-electron chi connectivity index (χ4n) is 1.62. The molecule has 0 amide bonds. The Balaban J connectivity index is 2.78. The maximum Gasteiger partial charge on any atom is 0.0731 e.